The molecule has 5 aromatic heterocycles. The van der Waals surface area contributed by atoms with E-state index in [0.717, 1.165) is 45.3 Å². The Kier molecular flexibility index (Phi) is 25.9. The van der Waals surface area contributed by atoms with Gasteiger partial charge in [-0.1, -0.05) is 78.9 Å². The van der Waals surface area contributed by atoms with Gasteiger partial charge in [-0.2, -0.15) is 10.2 Å². The van der Waals surface area contributed by atoms with Crippen molar-refractivity contribution < 1.29 is 65.7 Å². The molecule has 293 valence electrons. The van der Waals surface area contributed by atoms with Crippen LogP contribution in [-0.4, -0.2) is 50.7 Å². The normalized spacial score (nSPS) is 8.70. The molecule has 0 unspecified atom stereocenters. The predicted molar refractivity (Wildman–Crippen MR) is 199 cm³/mol. The molecule has 5 heterocycles. The summed E-state index contributed by atoms with van der Waals surface area (Å²) in [6.07, 6.45) is 7.25. The average Bonchev–Trinajstić information content (AvgIpc) is 3.89. The Morgan fingerprint density at radius 3 is 1.04 bits per heavy atom. The molecule has 7 aromatic rings. The van der Waals surface area contributed by atoms with E-state index in [1.807, 2.05) is 116 Å². The van der Waals surface area contributed by atoms with Crippen LogP contribution in [-0.2, 0) is 0 Å². The van der Waals surface area contributed by atoms with Crippen LogP contribution in [0.5, 0.6) is 0 Å². The maximum absolute atomic E-state index is 8.25. The Hall–Kier alpha value is -7.55. The van der Waals surface area contributed by atoms with Gasteiger partial charge in [-0.05, 0) is 47.5 Å². The van der Waals surface area contributed by atoms with Crippen molar-refractivity contribution in [2.24, 2.45) is 0 Å². The van der Waals surface area contributed by atoms with Crippen molar-refractivity contribution in [3.05, 3.63) is 213 Å². The number of aromatic nitrogens is 7. The van der Waals surface area contributed by atoms with Crippen LogP contribution in [0.4, 0.5) is 0 Å². The van der Waals surface area contributed by atoms with Gasteiger partial charge in [0, 0.05) is 24.5 Å². The second-order valence-electron chi connectivity index (χ2n) is 9.47. The quantitative estimate of drug-likeness (QED) is 0.155. The van der Waals surface area contributed by atoms with Crippen LogP contribution in [0, 0.1) is 102 Å². The summed E-state index contributed by atoms with van der Waals surface area (Å²) in [6.45, 7) is 0. The molecule has 3 N–H and O–H groups in total. The fraction of sp³-hybridized carbons (Fsp3) is 0. The summed E-state index contributed by atoms with van der Waals surface area (Å²) in [4.78, 5) is 44.4. The Balaban J connectivity index is 0.000000876. The zero-order valence-corrected chi connectivity index (χ0v) is 31.4. The van der Waals surface area contributed by atoms with Crippen molar-refractivity contribution >= 4 is 0 Å². The Morgan fingerprint density at radius 2 is 0.772 bits per heavy atom. The number of nitrogens with one attached hydrogen (secondary N) is 3. The number of benzene rings is 2. The largest absolute Gasteiger partial charge is 3.00 e. The first-order chi connectivity index (χ1) is 26.8. The Morgan fingerprint density at radius 1 is 0.439 bits per heavy atom. The molecular formula is C33H28N11O12Sm. The predicted octanol–water partition coefficient (Wildman–Crippen LogP) is 5.82. The molecule has 0 aliphatic carbocycles. The standard InChI is InChI=1S/C23H17N5.2C5H5N.4NO3.Sm/c1-3-8-16(9-4-1)20-14-22(27-25-20)18-12-7-13-19(24-18)23-15-21(26-28-23)17-10-5-2-6-11-17;2*1-2-4-6-5-3-1;4*2-1(3)4;/h1-15H,(H,25,27)(H,26,28);2*1-5H;;;;;/q;;;4*-1;+3/p+1. The molecule has 2 aromatic carbocycles. The van der Waals surface area contributed by atoms with E-state index in [1.54, 1.807) is 12.4 Å². The van der Waals surface area contributed by atoms with Crippen LogP contribution in [0.15, 0.2) is 152 Å². The molecule has 0 bridgehead atoms. The van der Waals surface area contributed by atoms with Crippen molar-refractivity contribution in [2.75, 3.05) is 0 Å². The van der Waals surface area contributed by atoms with Crippen molar-refractivity contribution in [3.8, 4) is 45.3 Å². The molecule has 1 radical (unpaired) electrons. The number of nitrogens with zero attached hydrogens (tertiary/aromatic N) is 8. The maximum atomic E-state index is 8.25. The number of pyridine rings is 3. The molecular weight excluding hydrogens is 893 g/mol. The minimum atomic E-state index is -1.75. The van der Waals surface area contributed by atoms with Crippen LogP contribution < -0.4 is 4.98 Å². The summed E-state index contributed by atoms with van der Waals surface area (Å²) in [5.41, 5.74) is 7.34. The van der Waals surface area contributed by atoms with Gasteiger partial charge in [0.25, 0.3) is 0 Å². The first-order valence-electron chi connectivity index (χ1n) is 15.0. The van der Waals surface area contributed by atoms with Crippen LogP contribution in [0.3, 0.4) is 0 Å². The summed E-state index contributed by atoms with van der Waals surface area (Å²) in [6, 6.07) is 41.7. The fourth-order valence-electron chi connectivity index (χ4n) is 3.81. The molecule has 57 heavy (non-hydrogen) atoms. The third kappa shape index (κ3) is 25.2. The van der Waals surface area contributed by atoms with Gasteiger partial charge in [0.2, 0.25) is 0 Å². The molecule has 0 atom stereocenters. The van der Waals surface area contributed by atoms with E-state index in [-0.39, 0.29) is 40.4 Å². The van der Waals surface area contributed by atoms with E-state index < -0.39 is 20.3 Å². The summed E-state index contributed by atoms with van der Waals surface area (Å²) in [7, 11) is 0. The maximum Gasteiger partial charge on any atom is 3.00 e. The number of rotatable bonds is 4. The fourth-order valence-corrected chi connectivity index (χ4v) is 3.81. The second kappa shape index (κ2) is 29.8. The van der Waals surface area contributed by atoms with E-state index in [4.69, 9.17) is 66.3 Å². The monoisotopic (exact) mass is 922 g/mol. The third-order valence-electron chi connectivity index (χ3n) is 5.77. The Bertz CT molecular complexity index is 1890. The molecule has 23 nitrogen and oxygen atoms in total. The zero-order chi connectivity index (χ0) is 41.6. The minimum Gasteiger partial charge on any atom is -0.356 e. The third-order valence-corrected chi connectivity index (χ3v) is 5.77. The van der Waals surface area contributed by atoms with Gasteiger partial charge < -0.3 is 61.3 Å². The van der Waals surface area contributed by atoms with Gasteiger partial charge >= 0.3 is 40.4 Å². The van der Waals surface area contributed by atoms with Crippen LogP contribution in [0.2, 0.25) is 0 Å². The average molecular weight is 921 g/mol. The van der Waals surface area contributed by atoms with Gasteiger partial charge in [0.05, 0.1) is 43.1 Å². The topological polar surface area (TPSA) is 362 Å². The van der Waals surface area contributed by atoms with Crippen molar-refractivity contribution in [1.29, 1.82) is 0 Å². The van der Waals surface area contributed by atoms with Crippen LogP contribution >= 0.6 is 0 Å². The van der Waals surface area contributed by atoms with Crippen molar-refractivity contribution in [3.63, 3.8) is 0 Å². The molecule has 0 aliphatic rings. The molecule has 7 rings (SSSR count). The first-order valence-corrected chi connectivity index (χ1v) is 15.0. The van der Waals surface area contributed by atoms with E-state index in [0.29, 0.717) is 0 Å². The summed E-state index contributed by atoms with van der Waals surface area (Å²) in [5.74, 6) is 0. The molecule has 0 spiro atoms. The van der Waals surface area contributed by atoms with Crippen LogP contribution in [0.25, 0.3) is 45.3 Å². The van der Waals surface area contributed by atoms with Gasteiger partial charge in [-0.15, -0.1) is 0 Å². The second-order valence-corrected chi connectivity index (χ2v) is 9.47. The summed E-state index contributed by atoms with van der Waals surface area (Å²) in [5, 5.41) is 74.1. The van der Waals surface area contributed by atoms with Gasteiger partial charge in [-0.3, -0.25) is 15.2 Å². The van der Waals surface area contributed by atoms with Gasteiger partial charge in [0.1, 0.15) is 11.4 Å². The van der Waals surface area contributed by atoms with Crippen LogP contribution in [0.1, 0.15) is 0 Å². The van der Waals surface area contributed by atoms with E-state index >= 15 is 0 Å². The van der Waals surface area contributed by atoms with Crippen molar-refractivity contribution in [1.82, 2.24) is 30.4 Å². The minimum absolute atomic E-state index is 0. The molecule has 0 amide bonds. The number of aromatic amines is 3. The number of hydrogen-bond acceptors (Lipinski definition) is 16. The van der Waals surface area contributed by atoms with E-state index in [2.05, 4.69) is 54.6 Å². The SMILES string of the molecule is O=[N+]([O-])[O-].O=[N+]([O-])[O-].O=[N+]([O-])[O-].O=[N+]([O-])[O-].[Sm+3].c1cc[nH+]cc1.c1ccc(-c2cc(-c3cccc(-c4cc(-c5ccccc5)[nH]n4)n3)n[nH]2)cc1.c1ccncc1. The van der Waals surface area contributed by atoms with Gasteiger partial charge in [-0.25, -0.2) is 9.97 Å². The molecule has 0 fully saturated rings. The van der Waals surface area contributed by atoms with E-state index in [1.165, 1.54) is 0 Å². The molecule has 0 aliphatic heterocycles. The van der Waals surface area contributed by atoms with Crippen molar-refractivity contribution in [2.45, 2.75) is 0 Å². The number of H-pyrrole nitrogens is 3. The smallest absolute Gasteiger partial charge is 0.356 e. The van der Waals surface area contributed by atoms with E-state index in [9.17, 15) is 0 Å². The Labute approximate surface area is 352 Å². The first kappa shape index (κ1) is 49.4. The molecule has 0 saturated carbocycles. The summed E-state index contributed by atoms with van der Waals surface area (Å²) >= 11 is 0. The zero-order valence-electron chi connectivity index (χ0n) is 28.8. The molecule has 0 saturated heterocycles. The number of hydrogen-bond donors (Lipinski definition) is 2. The molecule has 24 heteroatoms. The van der Waals surface area contributed by atoms with Gasteiger partial charge in [0.15, 0.2) is 12.4 Å². The summed E-state index contributed by atoms with van der Waals surface area (Å²) < 4.78 is 0.